The predicted molar refractivity (Wildman–Crippen MR) is 111 cm³/mol. The van der Waals surface area contributed by atoms with Crippen molar-refractivity contribution in [2.24, 2.45) is 0 Å². The van der Waals surface area contributed by atoms with Gasteiger partial charge in [-0.2, -0.15) is 0 Å². The molecule has 5 nitrogen and oxygen atoms in total. The van der Waals surface area contributed by atoms with Crippen LogP contribution in [-0.4, -0.2) is 47.2 Å². The van der Waals surface area contributed by atoms with Gasteiger partial charge in [0.2, 0.25) is 0 Å². The fraction of sp³-hybridized carbons (Fsp3) is 0.579. The third-order valence-electron chi connectivity index (χ3n) is 4.20. The van der Waals surface area contributed by atoms with Crippen LogP contribution in [0.3, 0.4) is 0 Å². The van der Waals surface area contributed by atoms with Crippen molar-refractivity contribution in [2.75, 3.05) is 24.7 Å². The Labute approximate surface area is 164 Å². The Bertz CT molecular complexity index is 675. The minimum absolute atomic E-state index is 0.0918. The number of rotatable bonds is 4. The Morgan fingerprint density at radius 2 is 2.00 bits per heavy atom. The van der Waals surface area contributed by atoms with E-state index < -0.39 is 16.6 Å². The number of aryl methyl sites for hydroxylation is 1. The second-order valence-electron chi connectivity index (χ2n) is 7.47. The van der Waals surface area contributed by atoms with Crippen molar-refractivity contribution in [1.82, 2.24) is 4.90 Å². The van der Waals surface area contributed by atoms with Crippen molar-refractivity contribution in [2.45, 2.75) is 51.0 Å². The fourth-order valence-corrected chi connectivity index (χ4v) is 5.57. The van der Waals surface area contributed by atoms with Crippen LogP contribution in [0.25, 0.3) is 0 Å². The Hall–Kier alpha value is -1.34. The van der Waals surface area contributed by atoms with E-state index in [1.165, 1.54) is 21.6 Å². The zero-order valence-corrected chi connectivity index (χ0v) is 18.0. The van der Waals surface area contributed by atoms with Crippen LogP contribution in [0.5, 0.6) is 0 Å². The van der Waals surface area contributed by atoms with Crippen LogP contribution in [-0.2, 0) is 9.53 Å². The molecule has 1 atom stereocenters. The minimum Gasteiger partial charge on any atom is -0.444 e. The number of carbonyl (C=O) groups excluding carboxylic acids is 2. The van der Waals surface area contributed by atoms with Gasteiger partial charge < -0.3 is 9.64 Å². The molecule has 1 aliphatic rings. The second-order valence-corrected chi connectivity index (χ2v) is 10.1. The van der Waals surface area contributed by atoms with Gasteiger partial charge >= 0.3 is 6.09 Å². The maximum Gasteiger partial charge on any atom is 0.411 e. The van der Waals surface area contributed by atoms with Crippen molar-refractivity contribution >= 4 is 39.3 Å². The van der Waals surface area contributed by atoms with Crippen LogP contribution in [0.4, 0.5) is 10.5 Å². The van der Waals surface area contributed by atoms with E-state index in [4.69, 9.17) is 4.74 Å². The second kappa shape index (κ2) is 8.13. The number of likely N-dealkylation sites (tertiary alicyclic amines) is 1. The average Bonchev–Trinajstić information content (AvgIpc) is 2.97. The minimum atomic E-state index is -0.944. The molecule has 0 bridgehead atoms. The molecule has 0 aliphatic carbocycles. The maximum absolute atomic E-state index is 13.5. The lowest BCUT2D eigenvalue weighted by molar-refractivity contribution is -0.124. The standard InChI is InChI=1S/C19H28N2O3S2/c1-14-9-7-10-15(13-14)20(5)16(22)19(26-25-6)11-8-12-21(19)17(23)24-18(2,3)4/h7,9-10,13H,8,11-12H2,1-6H3/t19-/m1/s1. The summed E-state index contributed by atoms with van der Waals surface area (Å²) in [6.45, 7) is 8.04. The van der Waals surface area contributed by atoms with Gasteiger partial charge in [-0.05, 0) is 64.5 Å². The number of hydrogen-bond acceptors (Lipinski definition) is 5. The molecule has 1 heterocycles. The highest BCUT2D eigenvalue weighted by Gasteiger charge is 2.53. The molecular weight excluding hydrogens is 368 g/mol. The summed E-state index contributed by atoms with van der Waals surface area (Å²) in [6.07, 6.45) is 2.90. The van der Waals surface area contributed by atoms with Crippen LogP contribution in [0.15, 0.2) is 24.3 Å². The number of likely N-dealkylation sites (N-methyl/N-ethyl adjacent to an activating group) is 1. The monoisotopic (exact) mass is 396 g/mol. The molecular formula is C19H28N2O3S2. The summed E-state index contributed by atoms with van der Waals surface area (Å²) in [6, 6.07) is 7.82. The molecule has 0 unspecified atom stereocenters. The number of ether oxygens (including phenoxy) is 1. The lowest BCUT2D eigenvalue weighted by Gasteiger charge is -2.38. The highest BCUT2D eigenvalue weighted by atomic mass is 33.1. The number of carbonyl (C=O) groups is 2. The molecule has 2 rings (SSSR count). The zero-order valence-electron chi connectivity index (χ0n) is 16.4. The van der Waals surface area contributed by atoms with E-state index in [-0.39, 0.29) is 5.91 Å². The molecule has 1 saturated heterocycles. The van der Waals surface area contributed by atoms with E-state index in [1.54, 1.807) is 16.8 Å². The van der Waals surface area contributed by atoms with Crippen molar-refractivity contribution in [3.05, 3.63) is 29.8 Å². The lowest BCUT2D eigenvalue weighted by atomic mass is 10.1. The van der Waals surface area contributed by atoms with E-state index in [9.17, 15) is 9.59 Å². The molecule has 26 heavy (non-hydrogen) atoms. The van der Waals surface area contributed by atoms with Crippen LogP contribution in [0.2, 0.25) is 0 Å². The smallest absolute Gasteiger partial charge is 0.411 e. The van der Waals surface area contributed by atoms with Gasteiger partial charge in [-0.1, -0.05) is 33.7 Å². The third kappa shape index (κ3) is 4.49. The van der Waals surface area contributed by atoms with Crippen LogP contribution >= 0.6 is 21.6 Å². The van der Waals surface area contributed by atoms with Crippen molar-refractivity contribution < 1.29 is 14.3 Å². The molecule has 144 valence electrons. The van der Waals surface area contributed by atoms with Gasteiger partial charge in [0.05, 0.1) is 0 Å². The average molecular weight is 397 g/mol. The van der Waals surface area contributed by atoms with E-state index in [2.05, 4.69) is 0 Å². The Morgan fingerprint density at radius 3 is 2.58 bits per heavy atom. The SMILES string of the molecule is CSS[C@@]1(C(=O)N(C)c2cccc(C)c2)CCCN1C(=O)OC(C)(C)C. The summed E-state index contributed by atoms with van der Waals surface area (Å²) in [4.78, 5) is 28.6. The first-order chi connectivity index (χ1) is 12.1. The molecule has 0 spiro atoms. The summed E-state index contributed by atoms with van der Waals surface area (Å²) in [5, 5.41) is 0. The highest BCUT2D eigenvalue weighted by Crippen LogP contribution is 2.47. The van der Waals surface area contributed by atoms with Crippen LogP contribution in [0, 0.1) is 6.92 Å². The van der Waals surface area contributed by atoms with Crippen molar-refractivity contribution in [3.63, 3.8) is 0 Å². The first-order valence-corrected chi connectivity index (χ1v) is 11.2. The molecule has 0 aromatic heterocycles. The highest BCUT2D eigenvalue weighted by molar-refractivity contribution is 8.77. The van der Waals surface area contributed by atoms with Crippen molar-refractivity contribution in [3.8, 4) is 0 Å². The van der Waals surface area contributed by atoms with E-state index >= 15 is 0 Å². The summed E-state index contributed by atoms with van der Waals surface area (Å²) in [5.74, 6) is -0.0918. The summed E-state index contributed by atoms with van der Waals surface area (Å²) in [7, 11) is 4.70. The molecule has 0 saturated carbocycles. The third-order valence-corrected chi connectivity index (χ3v) is 6.56. The summed E-state index contributed by atoms with van der Waals surface area (Å²) >= 11 is 0. The topological polar surface area (TPSA) is 49.9 Å². The van der Waals surface area contributed by atoms with E-state index in [1.807, 2.05) is 58.2 Å². The van der Waals surface area contributed by atoms with Gasteiger partial charge in [0.25, 0.3) is 5.91 Å². The molecule has 0 N–H and O–H groups in total. The Morgan fingerprint density at radius 1 is 1.31 bits per heavy atom. The molecule has 1 aromatic rings. The number of hydrogen-bond donors (Lipinski definition) is 0. The maximum atomic E-state index is 13.5. The summed E-state index contributed by atoms with van der Waals surface area (Å²) in [5.41, 5.74) is 1.32. The van der Waals surface area contributed by atoms with E-state index in [0.717, 1.165) is 17.7 Å². The molecule has 1 aliphatic heterocycles. The normalized spacial score (nSPS) is 20.2. The first-order valence-electron chi connectivity index (χ1n) is 8.68. The number of benzene rings is 1. The number of nitrogens with zero attached hydrogens (tertiary/aromatic N) is 2. The van der Waals surface area contributed by atoms with Gasteiger partial charge in [0.15, 0.2) is 4.87 Å². The molecule has 7 heteroatoms. The molecule has 0 radical (unpaired) electrons. The molecule has 2 amide bonds. The first kappa shape index (κ1) is 21.0. The van der Waals surface area contributed by atoms with Gasteiger partial charge in [-0.3, -0.25) is 9.69 Å². The van der Waals surface area contributed by atoms with Gasteiger partial charge in [-0.25, -0.2) is 4.79 Å². The quantitative estimate of drug-likeness (QED) is 0.691. The predicted octanol–water partition coefficient (Wildman–Crippen LogP) is 4.70. The van der Waals surface area contributed by atoms with E-state index in [0.29, 0.717) is 13.0 Å². The zero-order chi connectivity index (χ0) is 19.5. The molecule has 1 fully saturated rings. The number of anilines is 1. The number of amides is 2. The van der Waals surface area contributed by atoms with Gasteiger partial charge in [-0.15, -0.1) is 0 Å². The molecule has 1 aromatic carbocycles. The fourth-order valence-electron chi connectivity index (χ4n) is 3.05. The largest absolute Gasteiger partial charge is 0.444 e. The Kier molecular flexibility index (Phi) is 6.55. The van der Waals surface area contributed by atoms with Gasteiger partial charge in [0.1, 0.15) is 5.60 Å². The lowest BCUT2D eigenvalue weighted by Crippen LogP contribution is -2.56. The van der Waals surface area contributed by atoms with Crippen LogP contribution < -0.4 is 4.90 Å². The van der Waals surface area contributed by atoms with Gasteiger partial charge in [0, 0.05) is 19.3 Å². The Balaban J connectivity index is 2.35. The summed E-state index contributed by atoms with van der Waals surface area (Å²) < 4.78 is 5.57. The van der Waals surface area contributed by atoms with Crippen LogP contribution in [0.1, 0.15) is 39.2 Å². The van der Waals surface area contributed by atoms with Crippen molar-refractivity contribution in [1.29, 1.82) is 0 Å².